The van der Waals surface area contributed by atoms with Crippen molar-refractivity contribution in [3.8, 4) is 6.07 Å². The molecule has 2 heteroatoms. The second-order valence-electron chi connectivity index (χ2n) is 3.32. The molecule has 1 heterocycles. The molecule has 0 amide bonds. The van der Waals surface area contributed by atoms with E-state index in [1.807, 2.05) is 6.92 Å². The summed E-state index contributed by atoms with van der Waals surface area (Å²) in [4.78, 5) is 4.30. The fourth-order valence-corrected chi connectivity index (χ4v) is 1.67. The van der Waals surface area contributed by atoms with Crippen LogP contribution in [0.1, 0.15) is 6.92 Å². The van der Waals surface area contributed by atoms with Crippen molar-refractivity contribution >= 4 is 6.21 Å². The van der Waals surface area contributed by atoms with Crippen molar-refractivity contribution in [2.75, 3.05) is 0 Å². The molecule has 2 aliphatic rings. The van der Waals surface area contributed by atoms with Gasteiger partial charge in [-0.05, 0) is 13.0 Å². The Bertz CT molecular complexity index is 377. The van der Waals surface area contributed by atoms with Gasteiger partial charge in [-0.15, -0.1) is 0 Å². The minimum Gasteiger partial charge on any atom is -0.285 e. The van der Waals surface area contributed by atoms with Gasteiger partial charge >= 0.3 is 0 Å². The number of allylic oxidation sites excluding steroid dienone is 3. The largest absolute Gasteiger partial charge is 0.285 e. The van der Waals surface area contributed by atoms with E-state index in [9.17, 15) is 0 Å². The highest BCUT2D eigenvalue weighted by Gasteiger charge is 2.24. The lowest BCUT2D eigenvalue weighted by Crippen LogP contribution is -2.21. The van der Waals surface area contributed by atoms with Crippen LogP contribution in [0.25, 0.3) is 0 Å². The molecule has 2 unspecified atom stereocenters. The third-order valence-corrected chi connectivity index (χ3v) is 2.37. The van der Waals surface area contributed by atoms with Gasteiger partial charge in [0.2, 0.25) is 0 Å². The molecule has 1 aliphatic heterocycles. The summed E-state index contributed by atoms with van der Waals surface area (Å²) < 4.78 is 0. The number of rotatable bonds is 0. The SMILES string of the molecule is CC1=CC2C(C#N)=CC=NC2C=C1. The number of nitriles is 1. The molecule has 0 bridgehead atoms. The van der Waals surface area contributed by atoms with Crippen LogP contribution < -0.4 is 0 Å². The molecular formula is C11H10N2. The molecule has 2 atom stereocenters. The van der Waals surface area contributed by atoms with Gasteiger partial charge in [0.15, 0.2) is 0 Å². The Kier molecular flexibility index (Phi) is 1.86. The van der Waals surface area contributed by atoms with Crippen molar-refractivity contribution in [3.63, 3.8) is 0 Å². The zero-order valence-corrected chi connectivity index (χ0v) is 7.44. The van der Waals surface area contributed by atoms with Gasteiger partial charge in [0, 0.05) is 17.7 Å². The number of aliphatic imine (C=N–C) groups is 1. The lowest BCUT2D eigenvalue weighted by Gasteiger charge is -2.23. The van der Waals surface area contributed by atoms with Crippen molar-refractivity contribution in [2.45, 2.75) is 13.0 Å². The van der Waals surface area contributed by atoms with Gasteiger partial charge in [-0.1, -0.05) is 23.8 Å². The Morgan fingerprint density at radius 2 is 2.38 bits per heavy atom. The summed E-state index contributed by atoms with van der Waals surface area (Å²) in [6, 6.07) is 2.36. The van der Waals surface area contributed by atoms with Gasteiger partial charge in [0.05, 0.1) is 12.1 Å². The first-order valence-electron chi connectivity index (χ1n) is 4.31. The average molecular weight is 170 g/mol. The fourth-order valence-electron chi connectivity index (χ4n) is 1.67. The number of hydrogen-bond acceptors (Lipinski definition) is 2. The number of fused-ring (bicyclic) bond motifs is 1. The topological polar surface area (TPSA) is 36.1 Å². The van der Waals surface area contributed by atoms with Crippen molar-refractivity contribution in [2.24, 2.45) is 10.9 Å². The van der Waals surface area contributed by atoms with Crippen LogP contribution in [0.4, 0.5) is 0 Å². The van der Waals surface area contributed by atoms with Crippen molar-refractivity contribution < 1.29 is 0 Å². The highest BCUT2D eigenvalue weighted by molar-refractivity contribution is 5.76. The second kappa shape index (κ2) is 3.02. The quantitative estimate of drug-likeness (QED) is 0.548. The molecule has 0 saturated heterocycles. The average Bonchev–Trinajstić information content (AvgIpc) is 2.17. The van der Waals surface area contributed by atoms with E-state index in [2.05, 4.69) is 29.3 Å². The van der Waals surface area contributed by atoms with Crippen molar-refractivity contribution in [3.05, 3.63) is 35.5 Å². The van der Waals surface area contributed by atoms with E-state index >= 15 is 0 Å². The highest BCUT2D eigenvalue weighted by Crippen LogP contribution is 2.27. The zero-order valence-electron chi connectivity index (χ0n) is 7.44. The van der Waals surface area contributed by atoms with E-state index < -0.39 is 0 Å². The van der Waals surface area contributed by atoms with E-state index in [4.69, 9.17) is 5.26 Å². The Morgan fingerprint density at radius 3 is 3.15 bits per heavy atom. The summed E-state index contributed by atoms with van der Waals surface area (Å²) in [6.45, 7) is 2.04. The molecule has 0 N–H and O–H groups in total. The smallest absolute Gasteiger partial charge is 0.0954 e. The monoisotopic (exact) mass is 170 g/mol. The van der Waals surface area contributed by atoms with Crippen LogP contribution in [-0.2, 0) is 0 Å². The van der Waals surface area contributed by atoms with E-state index in [-0.39, 0.29) is 12.0 Å². The number of hydrogen-bond donors (Lipinski definition) is 0. The summed E-state index contributed by atoms with van der Waals surface area (Å²) >= 11 is 0. The molecule has 0 radical (unpaired) electrons. The minimum absolute atomic E-state index is 0.142. The van der Waals surface area contributed by atoms with E-state index in [1.54, 1.807) is 12.3 Å². The third kappa shape index (κ3) is 1.33. The third-order valence-electron chi connectivity index (χ3n) is 2.37. The molecule has 0 aromatic heterocycles. The molecular weight excluding hydrogens is 160 g/mol. The molecule has 2 nitrogen and oxygen atoms in total. The Morgan fingerprint density at radius 1 is 1.54 bits per heavy atom. The van der Waals surface area contributed by atoms with Crippen LogP contribution in [0.15, 0.2) is 40.4 Å². The first-order chi connectivity index (χ1) is 6.31. The molecule has 64 valence electrons. The summed E-state index contributed by atoms with van der Waals surface area (Å²) in [5.74, 6) is 0.167. The van der Waals surface area contributed by atoms with Crippen LogP contribution in [0.3, 0.4) is 0 Å². The molecule has 0 aromatic carbocycles. The number of nitrogens with zero attached hydrogens (tertiary/aromatic N) is 2. The number of dihydropyridines is 1. The molecule has 13 heavy (non-hydrogen) atoms. The van der Waals surface area contributed by atoms with Gasteiger partial charge < -0.3 is 0 Å². The first kappa shape index (κ1) is 8.00. The first-order valence-corrected chi connectivity index (χ1v) is 4.31. The Balaban J connectivity index is 2.38. The van der Waals surface area contributed by atoms with Crippen LogP contribution in [0, 0.1) is 17.2 Å². The van der Waals surface area contributed by atoms with E-state index in [0.717, 1.165) is 5.57 Å². The fraction of sp³-hybridized carbons (Fsp3) is 0.273. The van der Waals surface area contributed by atoms with Crippen LogP contribution in [0.5, 0.6) is 0 Å². The normalized spacial score (nSPS) is 30.2. The molecule has 0 fully saturated rings. The van der Waals surface area contributed by atoms with Gasteiger partial charge in [0.1, 0.15) is 0 Å². The van der Waals surface area contributed by atoms with Crippen molar-refractivity contribution in [1.29, 1.82) is 5.26 Å². The van der Waals surface area contributed by atoms with E-state index in [0.29, 0.717) is 0 Å². The van der Waals surface area contributed by atoms with Crippen LogP contribution >= 0.6 is 0 Å². The van der Waals surface area contributed by atoms with Gasteiger partial charge in [0.25, 0.3) is 0 Å². The standard InChI is InChI=1S/C11H10N2/c1-8-2-3-11-10(6-8)9(7-12)4-5-13-11/h2-6,10-11H,1H3. The van der Waals surface area contributed by atoms with Crippen molar-refractivity contribution in [1.82, 2.24) is 0 Å². The lowest BCUT2D eigenvalue weighted by atomic mass is 9.85. The summed E-state index contributed by atoms with van der Waals surface area (Å²) in [5, 5.41) is 8.88. The zero-order chi connectivity index (χ0) is 9.26. The van der Waals surface area contributed by atoms with Gasteiger partial charge in [-0.25, -0.2) is 0 Å². The maximum Gasteiger partial charge on any atom is 0.0954 e. The highest BCUT2D eigenvalue weighted by atomic mass is 14.8. The maximum absolute atomic E-state index is 8.88. The lowest BCUT2D eigenvalue weighted by molar-refractivity contribution is 0.657. The predicted octanol–water partition coefficient (Wildman–Crippen LogP) is 2.02. The summed E-state index contributed by atoms with van der Waals surface area (Å²) in [6.07, 6.45) is 9.73. The maximum atomic E-state index is 8.88. The summed E-state index contributed by atoms with van der Waals surface area (Å²) in [7, 11) is 0. The van der Waals surface area contributed by atoms with Crippen LogP contribution in [-0.4, -0.2) is 12.3 Å². The predicted molar refractivity (Wildman–Crippen MR) is 52.4 cm³/mol. The second-order valence-corrected chi connectivity index (χ2v) is 3.32. The molecule has 1 aliphatic carbocycles. The minimum atomic E-state index is 0.142. The van der Waals surface area contributed by atoms with Crippen LogP contribution in [0.2, 0.25) is 0 Å². The molecule has 0 spiro atoms. The Labute approximate surface area is 77.6 Å². The van der Waals surface area contributed by atoms with Gasteiger partial charge in [-0.2, -0.15) is 5.26 Å². The Hall–Kier alpha value is -1.62. The molecule has 0 aromatic rings. The molecule has 0 saturated carbocycles. The van der Waals surface area contributed by atoms with Gasteiger partial charge in [-0.3, -0.25) is 4.99 Å². The van der Waals surface area contributed by atoms with E-state index in [1.165, 1.54) is 5.57 Å². The summed E-state index contributed by atoms with van der Waals surface area (Å²) in [5.41, 5.74) is 2.02. The molecule has 2 rings (SSSR count).